The lowest BCUT2D eigenvalue weighted by atomic mass is 10.1. The van der Waals surface area contributed by atoms with Crippen molar-refractivity contribution in [2.75, 3.05) is 6.61 Å². The van der Waals surface area contributed by atoms with E-state index in [0.717, 1.165) is 24.2 Å². The summed E-state index contributed by atoms with van der Waals surface area (Å²) in [6.45, 7) is 2.01. The predicted octanol–water partition coefficient (Wildman–Crippen LogP) is 2.83. The maximum absolute atomic E-state index is 11.8. The zero-order valence-electron chi connectivity index (χ0n) is 13.4. The summed E-state index contributed by atoms with van der Waals surface area (Å²) in [5.41, 5.74) is 1.13. The Morgan fingerprint density at radius 1 is 1.41 bits per heavy atom. The van der Waals surface area contributed by atoms with E-state index in [1.54, 1.807) is 0 Å². The fourth-order valence-corrected chi connectivity index (χ4v) is 2.84. The van der Waals surface area contributed by atoms with Gasteiger partial charge in [0.25, 0.3) is 0 Å². The molecule has 1 aromatic carbocycles. The zero-order valence-corrected chi connectivity index (χ0v) is 13.4. The summed E-state index contributed by atoms with van der Waals surface area (Å²) in [7, 11) is 0. The number of benzene rings is 1. The van der Waals surface area contributed by atoms with Gasteiger partial charge < -0.3 is 15.2 Å². The van der Waals surface area contributed by atoms with Crippen LogP contribution < -0.4 is 10.1 Å². The van der Waals surface area contributed by atoms with Crippen molar-refractivity contribution in [1.29, 1.82) is 0 Å². The number of aryl methyl sites for hydroxylation is 1. The molecule has 1 fully saturated rings. The van der Waals surface area contributed by atoms with Crippen LogP contribution in [0.3, 0.4) is 0 Å². The summed E-state index contributed by atoms with van der Waals surface area (Å²) >= 11 is 0. The molecule has 0 radical (unpaired) electrons. The molecule has 4 nitrogen and oxygen atoms in total. The Labute approximate surface area is 132 Å². The first-order valence-corrected chi connectivity index (χ1v) is 8.33. The Bertz CT molecular complexity index is 469. The van der Waals surface area contributed by atoms with Gasteiger partial charge in [0.1, 0.15) is 5.75 Å². The first kappa shape index (κ1) is 16.8. The average Bonchev–Trinajstić information content (AvgIpc) is 2.99. The maximum Gasteiger partial charge on any atom is 0.220 e. The van der Waals surface area contributed by atoms with Gasteiger partial charge in [0.2, 0.25) is 5.91 Å². The molecule has 1 saturated carbocycles. The number of hydrogen-bond donors (Lipinski definition) is 2. The topological polar surface area (TPSA) is 58.6 Å². The van der Waals surface area contributed by atoms with Crippen LogP contribution in [-0.2, 0) is 11.2 Å². The van der Waals surface area contributed by atoms with Gasteiger partial charge in [-0.05, 0) is 63.1 Å². The van der Waals surface area contributed by atoms with Crippen molar-refractivity contribution in [1.82, 2.24) is 5.32 Å². The van der Waals surface area contributed by atoms with E-state index < -0.39 is 0 Å². The highest BCUT2D eigenvalue weighted by Gasteiger charge is 2.16. The average molecular weight is 305 g/mol. The number of ether oxygens (including phenoxy) is 1. The van der Waals surface area contributed by atoms with E-state index in [1.807, 2.05) is 31.2 Å². The number of carbonyl (C=O) groups excluding carboxylic acids is 1. The van der Waals surface area contributed by atoms with Gasteiger partial charge >= 0.3 is 0 Å². The van der Waals surface area contributed by atoms with Crippen LogP contribution in [-0.4, -0.2) is 29.8 Å². The summed E-state index contributed by atoms with van der Waals surface area (Å²) in [4.78, 5) is 11.8. The van der Waals surface area contributed by atoms with E-state index in [9.17, 15) is 4.79 Å². The van der Waals surface area contributed by atoms with Crippen LogP contribution in [0.1, 0.15) is 51.0 Å². The number of aliphatic hydroxyl groups excluding tert-OH is 1. The van der Waals surface area contributed by atoms with Gasteiger partial charge in [-0.1, -0.05) is 12.1 Å². The van der Waals surface area contributed by atoms with Crippen LogP contribution in [0.5, 0.6) is 5.75 Å². The first-order valence-electron chi connectivity index (χ1n) is 8.33. The molecule has 1 amide bonds. The molecule has 1 unspecified atom stereocenters. The Hall–Kier alpha value is -1.55. The smallest absolute Gasteiger partial charge is 0.220 e. The molecule has 1 aliphatic carbocycles. The SMILES string of the molecule is CC(CCO)NC(=O)CCc1cccc(OC2CCCC2)c1. The number of aliphatic hydroxyl groups is 1. The Balaban J connectivity index is 1.78. The van der Waals surface area contributed by atoms with Gasteiger partial charge in [0, 0.05) is 19.1 Å². The van der Waals surface area contributed by atoms with E-state index in [0.29, 0.717) is 25.4 Å². The van der Waals surface area contributed by atoms with Crippen LogP contribution in [0.25, 0.3) is 0 Å². The molecule has 1 aromatic rings. The van der Waals surface area contributed by atoms with E-state index in [-0.39, 0.29) is 18.6 Å². The number of amides is 1. The van der Waals surface area contributed by atoms with Crippen LogP contribution in [0.15, 0.2) is 24.3 Å². The van der Waals surface area contributed by atoms with Crippen molar-refractivity contribution < 1.29 is 14.6 Å². The van der Waals surface area contributed by atoms with Crippen molar-refractivity contribution in [2.45, 2.75) is 64.0 Å². The highest BCUT2D eigenvalue weighted by Crippen LogP contribution is 2.24. The molecule has 0 bridgehead atoms. The fourth-order valence-electron chi connectivity index (χ4n) is 2.84. The first-order chi connectivity index (χ1) is 10.7. The molecule has 1 aliphatic rings. The molecule has 0 saturated heterocycles. The lowest BCUT2D eigenvalue weighted by Gasteiger charge is -2.14. The summed E-state index contributed by atoms with van der Waals surface area (Å²) in [5.74, 6) is 0.946. The van der Waals surface area contributed by atoms with Crippen LogP contribution in [0.2, 0.25) is 0 Å². The second-order valence-electron chi connectivity index (χ2n) is 6.15. The molecule has 4 heteroatoms. The molecular formula is C18H27NO3. The predicted molar refractivity (Wildman–Crippen MR) is 87.0 cm³/mol. The van der Waals surface area contributed by atoms with Gasteiger partial charge in [0.15, 0.2) is 0 Å². The van der Waals surface area contributed by atoms with Gasteiger partial charge in [-0.2, -0.15) is 0 Å². The summed E-state index contributed by atoms with van der Waals surface area (Å²) in [5, 5.41) is 11.7. The molecule has 0 spiro atoms. The van der Waals surface area contributed by atoms with E-state index in [4.69, 9.17) is 9.84 Å². The second kappa shape index (κ2) is 8.79. The van der Waals surface area contributed by atoms with Crippen LogP contribution in [0, 0.1) is 0 Å². The second-order valence-corrected chi connectivity index (χ2v) is 6.15. The quantitative estimate of drug-likeness (QED) is 0.776. The molecule has 0 heterocycles. The maximum atomic E-state index is 11.8. The molecule has 22 heavy (non-hydrogen) atoms. The molecular weight excluding hydrogens is 278 g/mol. The summed E-state index contributed by atoms with van der Waals surface area (Å²) in [6, 6.07) is 8.08. The van der Waals surface area contributed by atoms with Gasteiger partial charge in [-0.25, -0.2) is 0 Å². The summed E-state index contributed by atoms with van der Waals surface area (Å²) < 4.78 is 5.99. The Kier molecular flexibility index (Phi) is 6.72. The molecule has 122 valence electrons. The van der Waals surface area contributed by atoms with Gasteiger partial charge in [-0.15, -0.1) is 0 Å². The van der Waals surface area contributed by atoms with Gasteiger partial charge in [0.05, 0.1) is 6.10 Å². The standard InChI is InChI=1S/C18H27NO3/c1-14(11-12-20)19-18(21)10-9-15-5-4-8-17(13-15)22-16-6-2-3-7-16/h4-5,8,13-14,16,20H,2-3,6-7,9-12H2,1H3,(H,19,21). The minimum Gasteiger partial charge on any atom is -0.490 e. The molecule has 2 rings (SSSR count). The third-order valence-corrected chi connectivity index (χ3v) is 4.11. The number of rotatable bonds is 8. The van der Waals surface area contributed by atoms with Crippen LogP contribution in [0.4, 0.5) is 0 Å². The number of hydrogen-bond acceptors (Lipinski definition) is 3. The minimum atomic E-state index is 0.0227. The number of nitrogens with one attached hydrogen (secondary N) is 1. The number of carbonyl (C=O) groups is 1. The molecule has 0 aromatic heterocycles. The molecule has 2 N–H and O–H groups in total. The Morgan fingerprint density at radius 2 is 2.18 bits per heavy atom. The van der Waals surface area contributed by atoms with E-state index in [1.165, 1.54) is 12.8 Å². The monoisotopic (exact) mass is 305 g/mol. The lowest BCUT2D eigenvalue weighted by molar-refractivity contribution is -0.121. The highest BCUT2D eigenvalue weighted by molar-refractivity contribution is 5.76. The molecule has 1 atom stereocenters. The van der Waals surface area contributed by atoms with Crippen molar-refractivity contribution in [3.8, 4) is 5.75 Å². The van der Waals surface area contributed by atoms with Crippen LogP contribution >= 0.6 is 0 Å². The normalized spacial score (nSPS) is 16.5. The third-order valence-electron chi connectivity index (χ3n) is 4.11. The lowest BCUT2D eigenvalue weighted by Crippen LogP contribution is -2.33. The third kappa shape index (κ3) is 5.68. The van der Waals surface area contributed by atoms with Gasteiger partial charge in [-0.3, -0.25) is 4.79 Å². The zero-order chi connectivity index (χ0) is 15.8. The largest absolute Gasteiger partial charge is 0.490 e. The fraction of sp³-hybridized carbons (Fsp3) is 0.611. The minimum absolute atomic E-state index is 0.0227. The molecule has 0 aliphatic heterocycles. The van der Waals surface area contributed by atoms with E-state index >= 15 is 0 Å². The highest BCUT2D eigenvalue weighted by atomic mass is 16.5. The summed E-state index contributed by atoms with van der Waals surface area (Å²) in [6.07, 6.45) is 6.94. The van der Waals surface area contributed by atoms with E-state index in [2.05, 4.69) is 5.32 Å². The van der Waals surface area contributed by atoms with Crippen molar-refractivity contribution in [3.05, 3.63) is 29.8 Å². The van der Waals surface area contributed by atoms with Crippen molar-refractivity contribution in [2.24, 2.45) is 0 Å². The van der Waals surface area contributed by atoms with Crippen molar-refractivity contribution >= 4 is 5.91 Å². The Morgan fingerprint density at radius 3 is 2.91 bits per heavy atom. The van der Waals surface area contributed by atoms with Crippen molar-refractivity contribution in [3.63, 3.8) is 0 Å².